The van der Waals surface area contributed by atoms with Crippen LogP contribution in [-0.2, 0) is 4.84 Å². The third-order valence-corrected chi connectivity index (χ3v) is 3.87. The van der Waals surface area contributed by atoms with E-state index in [2.05, 4.69) is 24.7 Å². The summed E-state index contributed by atoms with van der Waals surface area (Å²) in [5.74, 6) is -0.496. The van der Waals surface area contributed by atoms with E-state index >= 15 is 0 Å². The largest absolute Gasteiger partial charge is 0.573 e. The molecular formula is C14H10F3N3O3S. The minimum Gasteiger partial charge on any atom is -0.443 e. The Labute approximate surface area is 137 Å². The Balaban J connectivity index is 2.32. The van der Waals surface area contributed by atoms with Gasteiger partial charge in [0.25, 0.3) is 0 Å². The monoisotopic (exact) mass is 357 g/mol. The molecule has 0 unspecified atom stereocenters. The molecule has 24 heavy (non-hydrogen) atoms. The number of hydrogen-bond acceptors (Lipinski definition) is 7. The maximum Gasteiger partial charge on any atom is 0.573 e. The van der Waals surface area contributed by atoms with Gasteiger partial charge in [-0.3, -0.25) is 0 Å². The van der Waals surface area contributed by atoms with Crippen molar-refractivity contribution < 1.29 is 27.2 Å². The van der Waals surface area contributed by atoms with Crippen molar-refractivity contribution in [1.82, 2.24) is 9.97 Å². The van der Waals surface area contributed by atoms with Gasteiger partial charge in [0.05, 0.1) is 11.3 Å². The van der Waals surface area contributed by atoms with Crippen molar-refractivity contribution >= 4 is 28.1 Å². The highest BCUT2D eigenvalue weighted by Crippen LogP contribution is 2.40. The predicted octanol–water partition coefficient (Wildman–Crippen LogP) is 4.22. The number of halogens is 3. The zero-order valence-electron chi connectivity index (χ0n) is 12.4. The fourth-order valence-electron chi connectivity index (χ4n) is 2.19. The fourth-order valence-corrected chi connectivity index (χ4v) is 2.84. The van der Waals surface area contributed by atoms with E-state index in [4.69, 9.17) is 4.42 Å². The molecule has 0 bridgehead atoms. The highest BCUT2D eigenvalue weighted by molar-refractivity contribution is 7.13. The second-order valence-corrected chi connectivity index (χ2v) is 5.47. The Kier molecular flexibility index (Phi) is 4.14. The number of thiazole rings is 1. The lowest BCUT2D eigenvalue weighted by atomic mass is 10.0. The van der Waals surface area contributed by atoms with Gasteiger partial charge in [0.15, 0.2) is 23.2 Å². The Hall–Kier alpha value is -2.62. The molecule has 0 saturated carbocycles. The van der Waals surface area contributed by atoms with Gasteiger partial charge in [0, 0.05) is 17.1 Å². The first kappa shape index (κ1) is 16.2. The van der Waals surface area contributed by atoms with E-state index in [9.17, 15) is 13.2 Å². The van der Waals surface area contributed by atoms with Crippen LogP contribution in [-0.4, -0.2) is 29.2 Å². The predicted molar refractivity (Wildman–Crippen MR) is 81.0 cm³/mol. The van der Waals surface area contributed by atoms with Crippen LogP contribution in [0.2, 0.25) is 0 Å². The molecule has 0 atom stereocenters. The summed E-state index contributed by atoms with van der Waals surface area (Å²) in [6, 6.07) is 1.46. The second-order valence-electron chi connectivity index (χ2n) is 4.58. The van der Waals surface area contributed by atoms with Gasteiger partial charge in [0.2, 0.25) is 0 Å². The van der Waals surface area contributed by atoms with Crippen LogP contribution >= 0.6 is 11.3 Å². The van der Waals surface area contributed by atoms with Crippen LogP contribution in [0.25, 0.3) is 21.7 Å². The Morgan fingerprint density at radius 2 is 2.12 bits per heavy atom. The van der Waals surface area contributed by atoms with Crippen LogP contribution in [0.4, 0.5) is 13.2 Å². The molecule has 3 aromatic rings. The molecule has 10 heteroatoms. The number of fused-ring (bicyclic) bond motifs is 1. The van der Waals surface area contributed by atoms with Crippen molar-refractivity contribution in [3.63, 3.8) is 0 Å². The summed E-state index contributed by atoms with van der Waals surface area (Å²) in [5, 5.41) is 6.01. The van der Waals surface area contributed by atoms with Gasteiger partial charge in [-0.25, -0.2) is 9.97 Å². The summed E-state index contributed by atoms with van der Waals surface area (Å²) in [5.41, 5.74) is 0.853. The number of rotatable bonds is 4. The molecule has 2 heterocycles. The van der Waals surface area contributed by atoms with Crippen molar-refractivity contribution in [2.75, 3.05) is 7.11 Å². The summed E-state index contributed by atoms with van der Waals surface area (Å²) in [6.07, 6.45) is -2.26. The third-order valence-electron chi connectivity index (χ3n) is 3.06. The average Bonchev–Trinajstić information content (AvgIpc) is 3.17. The maximum absolute atomic E-state index is 12.8. The molecule has 3 rings (SSSR count). The molecule has 0 aliphatic carbocycles. The van der Waals surface area contributed by atoms with Crippen molar-refractivity contribution in [2.45, 2.75) is 13.3 Å². The topological polar surface area (TPSA) is 69.7 Å². The Morgan fingerprint density at radius 3 is 2.75 bits per heavy atom. The third kappa shape index (κ3) is 3.04. The fraction of sp³-hybridized carbons (Fsp3) is 0.214. The zero-order valence-corrected chi connectivity index (χ0v) is 13.2. The molecule has 0 aliphatic rings. The van der Waals surface area contributed by atoms with Crippen LogP contribution in [0.1, 0.15) is 12.5 Å². The van der Waals surface area contributed by atoms with Gasteiger partial charge >= 0.3 is 6.36 Å². The number of oxime groups is 1. The van der Waals surface area contributed by atoms with Gasteiger partial charge in [-0.15, -0.1) is 24.5 Å². The van der Waals surface area contributed by atoms with E-state index in [1.165, 1.54) is 31.4 Å². The van der Waals surface area contributed by atoms with E-state index in [1.807, 2.05) is 0 Å². The van der Waals surface area contributed by atoms with Crippen LogP contribution in [0, 0.1) is 0 Å². The second kappa shape index (κ2) is 6.11. The first-order chi connectivity index (χ1) is 11.4. The molecule has 6 nitrogen and oxygen atoms in total. The molecule has 0 radical (unpaired) electrons. The number of benzene rings is 1. The van der Waals surface area contributed by atoms with Gasteiger partial charge in [-0.2, -0.15) is 0 Å². The van der Waals surface area contributed by atoms with Gasteiger partial charge in [-0.05, 0) is 13.0 Å². The lowest BCUT2D eigenvalue weighted by Crippen LogP contribution is -2.19. The van der Waals surface area contributed by atoms with Crippen molar-refractivity contribution in [2.24, 2.45) is 5.16 Å². The Morgan fingerprint density at radius 1 is 1.33 bits per heavy atom. The smallest absolute Gasteiger partial charge is 0.443 e. The highest BCUT2D eigenvalue weighted by atomic mass is 32.1. The zero-order chi connectivity index (χ0) is 17.3. The first-order valence-corrected chi connectivity index (χ1v) is 7.42. The lowest BCUT2D eigenvalue weighted by molar-refractivity contribution is -0.274. The molecule has 0 amide bonds. The molecule has 1 aromatic carbocycles. The number of nitrogens with zero attached hydrogens (tertiary/aromatic N) is 3. The molecule has 2 aromatic heterocycles. The van der Waals surface area contributed by atoms with E-state index in [1.54, 1.807) is 11.6 Å². The summed E-state index contributed by atoms with van der Waals surface area (Å²) >= 11 is 1.31. The molecule has 0 N–H and O–H groups in total. The molecule has 0 aliphatic heterocycles. The summed E-state index contributed by atoms with van der Waals surface area (Å²) in [7, 11) is 1.30. The number of ether oxygens (including phenoxy) is 1. The van der Waals surface area contributed by atoms with Crippen molar-refractivity contribution in [3.8, 4) is 16.3 Å². The number of oxazole rings is 1. The molecule has 0 spiro atoms. The summed E-state index contributed by atoms with van der Waals surface area (Å²) in [4.78, 5) is 12.7. The summed E-state index contributed by atoms with van der Waals surface area (Å²) < 4.78 is 47.9. The lowest BCUT2D eigenvalue weighted by Gasteiger charge is -2.14. The highest BCUT2D eigenvalue weighted by Gasteiger charge is 2.35. The molecular weight excluding hydrogens is 347 g/mol. The van der Waals surface area contributed by atoms with E-state index < -0.39 is 12.1 Å². The van der Waals surface area contributed by atoms with Gasteiger partial charge in [-0.1, -0.05) is 5.16 Å². The molecule has 0 saturated heterocycles. The van der Waals surface area contributed by atoms with E-state index in [0.717, 1.165) is 6.39 Å². The van der Waals surface area contributed by atoms with Crippen LogP contribution < -0.4 is 4.74 Å². The standard InChI is InChI=1S/C14H10F3N3O3S/c1-7(20-21-2)8-5-9(13-18-3-4-24-13)11-10(19-6-22-11)12(8)23-14(15,16)17/h3-6H,1-2H3. The van der Waals surface area contributed by atoms with Crippen molar-refractivity contribution in [1.29, 1.82) is 0 Å². The van der Waals surface area contributed by atoms with Crippen LogP contribution in [0.15, 0.2) is 33.6 Å². The van der Waals surface area contributed by atoms with E-state index in [-0.39, 0.29) is 22.4 Å². The quantitative estimate of drug-likeness (QED) is 0.516. The minimum atomic E-state index is -4.89. The SMILES string of the molecule is CON=C(C)c1cc(-c2nccs2)c2ocnc2c1OC(F)(F)F. The van der Waals surface area contributed by atoms with Crippen LogP contribution in [0.3, 0.4) is 0 Å². The van der Waals surface area contributed by atoms with Crippen LogP contribution in [0.5, 0.6) is 5.75 Å². The normalized spacial score (nSPS) is 12.6. The number of aromatic nitrogens is 2. The first-order valence-electron chi connectivity index (χ1n) is 6.54. The van der Waals surface area contributed by atoms with Gasteiger partial charge < -0.3 is 14.0 Å². The molecule has 126 valence electrons. The van der Waals surface area contributed by atoms with E-state index in [0.29, 0.717) is 10.6 Å². The number of hydrogen-bond donors (Lipinski definition) is 0. The van der Waals surface area contributed by atoms with Crippen molar-refractivity contribution in [3.05, 3.63) is 29.6 Å². The summed E-state index contributed by atoms with van der Waals surface area (Å²) in [6.45, 7) is 1.50. The Bertz CT molecular complexity index is 888. The average molecular weight is 357 g/mol. The molecule has 0 fully saturated rings. The number of alkyl halides is 3. The van der Waals surface area contributed by atoms with Gasteiger partial charge in [0.1, 0.15) is 12.1 Å². The maximum atomic E-state index is 12.8. The minimum absolute atomic E-state index is 0.0688.